The van der Waals surface area contributed by atoms with E-state index in [1.54, 1.807) is 0 Å². The molecule has 1 N–H and O–H groups in total. The summed E-state index contributed by atoms with van der Waals surface area (Å²) < 4.78 is 0. The van der Waals surface area contributed by atoms with Gasteiger partial charge in [0.1, 0.15) is 5.78 Å². The highest BCUT2D eigenvalue weighted by molar-refractivity contribution is 5.85. The zero-order chi connectivity index (χ0) is 9.97. The monoisotopic (exact) mass is 232 g/mol. The van der Waals surface area contributed by atoms with Gasteiger partial charge in [0, 0.05) is 32.0 Å². The molecular weight excluding hydrogens is 216 g/mol. The molecule has 4 nitrogen and oxygen atoms in total. The van der Waals surface area contributed by atoms with E-state index < -0.39 is 0 Å². The van der Waals surface area contributed by atoms with Crippen LogP contribution in [0, 0.1) is 0 Å². The number of piperazine rings is 1. The molecule has 1 aliphatic heterocycles. The van der Waals surface area contributed by atoms with E-state index in [2.05, 4.69) is 5.32 Å². The summed E-state index contributed by atoms with van der Waals surface area (Å²) in [6.45, 7) is 2.15. The van der Waals surface area contributed by atoms with Crippen molar-refractivity contribution in [3.63, 3.8) is 0 Å². The van der Waals surface area contributed by atoms with Gasteiger partial charge in [-0.2, -0.15) is 0 Å². The maximum atomic E-state index is 11.6. The van der Waals surface area contributed by atoms with Gasteiger partial charge in [-0.05, 0) is 12.8 Å². The van der Waals surface area contributed by atoms with Gasteiger partial charge in [0.05, 0.1) is 6.54 Å². The van der Waals surface area contributed by atoms with Crippen LogP contribution in [0.1, 0.15) is 25.7 Å². The number of carbonyl (C=O) groups excluding carboxylic acids is 2. The lowest BCUT2D eigenvalue weighted by molar-refractivity contribution is -0.136. The molecule has 15 heavy (non-hydrogen) atoms. The van der Waals surface area contributed by atoms with Gasteiger partial charge in [-0.3, -0.25) is 9.59 Å². The van der Waals surface area contributed by atoms with E-state index in [9.17, 15) is 9.59 Å². The van der Waals surface area contributed by atoms with Crippen LogP contribution in [0.15, 0.2) is 0 Å². The highest BCUT2D eigenvalue weighted by atomic mass is 35.5. The van der Waals surface area contributed by atoms with Gasteiger partial charge in [0.15, 0.2) is 0 Å². The molecule has 0 spiro atoms. The fraction of sp³-hybridized carbons (Fsp3) is 0.800. The Morgan fingerprint density at radius 1 is 1.20 bits per heavy atom. The third kappa shape index (κ3) is 2.92. The van der Waals surface area contributed by atoms with Crippen molar-refractivity contribution in [2.24, 2.45) is 0 Å². The second-order valence-corrected chi connectivity index (χ2v) is 4.03. The topological polar surface area (TPSA) is 49.4 Å². The summed E-state index contributed by atoms with van der Waals surface area (Å²) in [4.78, 5) is 24.6. The van der Waals surface area contributed by atoms with Crippen LogP contribution < -0.4 is 5.32 Å². The summed E-state index contributed by atoms with van der Waals surface area (Å²) in [5, 5.41) is 3.05. The number of rotatable bonds is 1. The molecule has 86 valence electrons. The molecule has 1 saturated carbocycles. The number of nitrogens with one attached hydrogen (secondary N) is 1. The zero-order valence-electron chi connectivity index (χ0n) is 8.70. The number of nitrogens with zero attached hydrogens (tertiary/aromatic N) is 1. The minimum atomic E-state index is 0. The smallest absolute Gasteiger partial charge is 0.236 e. The molecule has 0 bridgehead atoms. The lowest BCUT2D eigenvalue weighted by Gasteiger charge is -2.36. The standard InChI is InChI=1S/C10H16N2O2.ClH/c13-9-3-1-8(2-4-9)12-6-5-11-7-10(12)14;/h8,11H,1-7H2;1H. The van der Waals surface area contributed by atoms with Gasteiger partial charge >= 0.3 is 0 Å². The number of halogens is 1. The number of amides is 1. The molecule has 2 fully saturated rings. The predicted molar refractivity (Wildman–Crippen MR) is 59.1 cm³/mol. The minimum Gasteiger partial charge on any atom is -0.337 e. The van der Waals surface area contributed by atoms with Crippen LogP contribution >= 0.6 is 12.4 Å². The van der Waals surface area contributed by atoms with Gasteiger partial charge in [-0.15, -0.1) is 12.4 Å². The molecule has 1 amide bonds. The van der Waals surface area contributed by atoms with Crippen molar-refractivity contribution in [2.45, 2.75) is 31.7 Å². The second kappa shape index (κ2) is 5.47. The van der Waals surface area contributed by atoms with Crippen molar-refractivity contribution >= 4 is 24.1 Å². The molecule has 2 rings (SSSR count). The van der Waals surface area contributed by atoms with Crippen molar-refractivity contribution in [3.05, 3.63) is 0 Å². The average Bonchev–Trinajstić information content (AvgIpc) is 2.20. The van der Waals surface area contributed by atoms with E-state index in [-0.39, 0.29) is 18.3 Å². The zero-order valence-corrected chi connectivity index (χ0v) is 9.52. The number of hydrogen-bond acceptors (Lipinski definition) is 3. The number of Topliss-reactive ketones (excluding diaryl/α,β-unsaturated/α-hetero) is 1. The van der Waals surface area contributed by atoms with Crippen LogP contribution in [-0.4, -0.2) is 42.3 Å². The first kappa shape index (κ1) is 12.5. The average molecular weight is 233 g/mol. The van der Waals surface area contributed by atoms with Crippen LogP contribution in [0.4, 0.5) is 0 Å². The third-order valence-corrected chi connectivity index (χ3v) is 3.08. The molecule has 0 atom stereocenters. The molecule has 0 radical (unpaired) electrons. The van der Waals surface area contributed by atoms with Crippen molar-refractivity contribution < 1.29 is 9.59 Å². The lowest BCUT2D eigenvalue weighted by atomic mass is 9.93. The van der Waals surface area contributed by atoms with E-state index in [1.165, 1.54) is 0 Å². The van der Waals surface area contributed by atoms with Gasteiger partial charge in [-0.1, -0.05) is 0 Å². The third-order valence-electron chi connectivity index (χ3n) is 3.08. The van der Waals surface area contributed by atoms with Crippen molar-refractivity contribution in [1.82, 2.24) is 10.2 Å². The van der Waals surface area contributed by atoms with Crippen LogP contribution in [0.3, 0.4) is 0 Å². The van der Waals surface area contributed by atoms with E-state index in [4.69, 9.17) is 0 Å². The molecule has 1 saturated heterocycles. The van der Waals surface area contributed by atoms with Crippen LogP contribution in [0.2, 0.25) is 0 Å². The number of carbonyl (C=O) groups is 2. The largest absolute Gasteiger partial charge is 0.337 e. The van der Waals surface area contributed by atoms with Crippen molar-refractivity contribution in [1.29, 1.82) is 0 Å². The first-order valence-corrected chi connectivity index (χ1v) is 5.29. The fourth-order valence-corrected chi connectivity index (χ4v) is 2.24. The lowest BCUT2D eigenvalue weighted by Crippen LogP contribution is -2.53. The summed E-state index contributed by atoms with van der Waals surface area (Å²) in [5.74, 6) is 0.541. The number of hydrogen-bond donors (Lipinski definition) is 1. The molecule has 1 heterocycles. The Balaban J connectivity index is 0.00000112. The van der Waals surface area contributed by atoms with Gasteiger partial charge in [0.25, 0.3) is 0 Å². The number of ketones is 1. The summed E-state index contributed by atoms with van der Waals surface area (Å²) >= 11 is 0. The predicted octanol–water partition coefficient (Wildman–Crippen LogP) is 0.352. The molecule has 2 aliphatic rings. The molecule has 0 aromatic heterocycles. The normalized spacial score (nSPS) is 23.9. The molecule has 0 unspecified atom stereocenters. The molecule has 5 heteroatoms. The van der Waals surface area contributed by atoms with Crippen LogP contribution in [0.25, 0.3) is 0 Å². The van der Waals surface area contributed by atoms with Crippen LogP contribution in [-0.2, 0) is 9.59 Å². The SMILES string of the molecule is Cl.O=C1CCC(N2CCNCC2=O)CC1. The molecule has 0 aromatic carbocycles. The van der Waals surface area contributed by atoms with Gasteiger partial charge in [-0.25, -0.2) is 0 Å². The molecule has 0 aromatic rings. The summed E-state index contributed by atoms with van der Waals surface area (Å²) in [7, 11) is 0. The highest BCUT2D eigenvalue weighted by Crippen LogP contribution is 2.20. The first-order valence-electron chi connectivity index (χ1n) is 5.29. The maximum absolute atomic E-state index is 11.6. The Morgan fingerprint density at radius 2 is 1.87 bits per heavy atom. The Kier molecular flexibility index (Phi) is 4.54. The summed E-state index contributed by atoms with van der Waals surface area (Å²) in [5.41, 5.74) is 0. The Hall–Kier alpha value is -0.610. The van der Waals surface area contributed by atoms with Gasteiger partial charge < -0.3 is 10.2 Å². The fourth-order valence-electron chi connectivity index (χ4n) is 2.24. The maximum Gasteiger partial charge on any atom is 0.236 e. The quantitative estimate of drug-likeness (QED) is 0.710. The van der Waals surface area contributed by atoms with E-state index in [0.717, 1.165) is 25.9 Å². The molecular formula is C10H17ClN2O2. The highest BCUT2D eigenvalue weighted by Gasteiger charge is 2.28. The Bertz CT molecular complexity index is 248. The van der Waals surface area contributed by atoms with E-state index in [1.807, 2.05) is 4.90 Å². The molecule has 1 aliphatic carbocycles. The van der Waals surface area contributed by atoms with E-state index >= 15 is 0 Å². The second-order valence-electron chi connectivity index (χ2n) is 4.03. The van der Waals surface area contributed by atoms with Crippen molar-refractivity contribution in [3.8, 4) is 0 Å². The minimum absolute atomic E-state index is 0. The summed E-state index contributed by atoms with van der Waals surface area (Å²) in [6, 6.07) is 0.322. The summed E-state index contributed by atoms with van der Waals surface area (Å²) in [6.07, 6.45) is 3.04. The van der Waals surface area contributed by atoms with E-state index in [0.29, 0.717) is 31.2 Å². The van der Waals surface area contributed by atoms with Crippen LogP contribution in [0.5, 0.6) is 0 Å². The first-order chi connectivity index (χ1) is 6.77. The Morgan fingerprint density at radius 3 is 2.47 bits per heavy atom. The van der Waals surface area contributed by atoms with Gasteiger partial charge in [0.2, 0.25) is 5.91 Å². The Labute approximate surface area is 95.8 Å². The van der Waals surface area contributed by atoms with Crippen molar-refractivity contribution in [2.75, 3.05) is 19.6 Å².